The molecule has 1 amide bonds. The summed E-state index contributed by atoms with van der Waals surface area (Å²) in [5, 5.41) is 13.5. The fraction of sp³-hybridized carbons (Fsp3) is 0.333. The van der Waals surface area contributed by atoms with Crippen molar-refractivity contribution in [2.75, 3.05) is 0 Å². The molecular weight excluding hydrogens is 488 g/mol. The maximum Gasteiger partial charge on any atom is 0.344 e. The van der Waals surface area contributed by atoms with Gasteiger partial charge in [0.1, 0.15) is 5.75 Å². The molecule has 4 aromatic rings. The molecule has 0 fully saturated rings. The monoisotopic (exact) mass is 526 g/mol. The molecule has 2 N–H and O–H groups in total. The molecule has 0 bridgehead atoms. The lowest BCUT2D eigenvalue weighted by Gasteiger charge is -2.17. The van der Waals surface area contributed by atoms with Crippen LogP contribution in [0.15, 0.2) is 66.7 Å². The molecule has 6 nitrogen and oxygen atoms in total. The summed E-state index contributed by atoms with van der Waals surface area (Å²) in [4.78, 5) is 24.6. The van der Waals surface area contributed by atoms with Crippen molar-refractivity contribution in [3.05, 3.63) is 100 Å². The number of fused-ring (bicyclic) bond motifs is 1. The quantitative estimate of drug-likeness (QED) is 0.230. The van der Waals surface area contributed by atoms with E-state index in [1.54, 1.807) is 13.0 Å². The molecule has 2 atom stereocenters. The molecule has 1 aromatic heterocycles. The van der Waals surface area contributed by atoms with E-state index in [1.807, 2.05) is 49.4 Å². The van der Waals surface area contributed by atoms with Crippen LogP contribution in [0.3, 0.4) is 0 Å². The molecule has 0 saturated carbocycles. The molecule has 0 aliphatic rings. The van der Waals surface area contributed by atoms with Gasteiger partial charge in [-0.3, -0.25) is 4.79 Å². The molecule has 0 aliphatic heterocycles. The number of hydrogen-bond donors (Lipinski definition) is 2. The zero-order chi connectivity index (χ0) is 28.3. The normalized spacial score (nSPS) is 12.9. The molecule has 0 aliphatic carbocycles. The highest BCUT2D eigenvalue weighted by atomic mass is 16.5. The number of hydrogen-bond acceptors (Lipinski definition) is 3. The zero-order valence-electron chi connectivity index (χ0n) is 23.6. The second-order valence-electron chi connectivity index (χ2n) is 10.5. The van der Waals surface area contributed by atoms with E-state index >= 15 is 0 Å². The van der Waals surface area contributed by atoms with Crippen molar-refractivity contribution in [3.63, 3.8) is 0 Å². The lowest BCUT2D eigenvalue weighted by atomic mass is 9.98. The molecule has 3 aromatic carbocycles. The molecule has 2 unspecified atom stereocenters. The van der Waals surface area contributed by atoms with Crippen LogP contribution in [0.25, 0.3) is 10.9 Å². The van der Waals surface area contributed by atoms with E-state index in [0.29, 0.717) is 30.2 Å². The first-order valence-corrected chi connectivity index (χ1v) is 13.6. The van der Waals surface area contributed by atoms with Crippen LogP contribution < -0.4 is 10.1 Å². The van der Waals surface area contributed by atoms with Gasteiger partial charge in [0.15, 0.2) is 6.10 Å². The predicted molar refractivity (Wildman–Crippen MR) is 156 cm³/mol. The number of carboxylic acids is 1. The predicted octanol–water partition coefficient (Wildman–Crippen LogP) is 7.16. The number of carboxylic acid groups (broad SMARTS) is 1. The van der Waals surface area contributed by atoms with Gasteiger partial charge < -0.3 is 19.7 Å². The Labute approximate surface area is 230 Å². The minimum atomic E-state index is -0.968. The Morgan fingerprint density at radius 3 is 2.36 bits per heavy atom. The molecule has 6 heteroatoms. The van der Waals surface area contributed by atoms with E-state index in [2.05, 4.69) is 55.8 Å². The average Bonchev–Trinajstić information content (AvgIpc) is 3.16. The second kappa shape index (κ2) is 11.8. The number of aryl methyl sites for hydroxylation is 1. The van der Waals surface area contributed by atoms with Gasteiger partial charge in [-0.25, -0.2) is 4.79 Å². The van der Waals surface area contributed by atoms with E-state index in [4.69, 9.17) is 4.74 Å². The topological polar surface area (TPSA) is 80.6 Å². The SMILES string of the molecule is CCC(Oc1cccc(Cn2c(C)c(C)c3cc(C(=O)NC(C)c4cccc(C(C)C)c4)ccc32)c1)C(=O)O. The average molecular weight is 527 g/mol. The third-order valence-corrected chi connectivity index (χ3v) is 7.49. The van der Waals surface area contributed by atoms with Crippen LogP contribution in [0.5, 0.6) is 5.75 Å². The number of carbonyl (C=O) groups is 2. The van der Waals surface area contributed by atoms with Gasteiger partial charge >= 0.3 is 5.97 Å². The number of benzene rings is 3. The smallest absolute Gasteiger partial charge is 0.344 e. The summed E-state index contributed by atoms with van der Waals surface area (Å²) < 4.78 is 7.92. The van der Waals surface area contributed by atoms with E-state index in [1.165, 1.54) is 5.56 Å². The van der Waals surface area contributed by atoms with Crippen LogP contribution in [-0.2, 0) is 11.3 Å². The third kappa shape index (κ3) is 6.17. The summed E-state index contributed by atoms with van der Waals surface area (Å²) in [6, 6.07) is 21.7. The number of ether oxygens (including phenoxy) is 1. The maximum absolute atomic E-state index is 13.2. The van der Waals surface area contributed by atoms with Crippen molar-refractivity contribution < 1.29 is 19.4 Å². The number of carbonyl (C=O) groups excluding carboxylic acids is 1. The van der Waals surface area contributed by atoms with Gasteiger partial charge in [-0.05, 0) is 85.7 Å². The fourth-order valence-corrected chi connectivity index (χ4v) is 4.92. The van der Waals surface area contributed by atoms with Gasteiger partial charge in [-0.15, -0.1) is 0 Å². The van der Waals surface area contributed by atoms with Crippen molar-refractivity contribution in [2.45, 2.75) is 72.6 Å². The van der Waals surface area contributed by atoms with Crippen molar-refractivity contribution in [3.8, 4) is 5.75 Å². The Kier molecular flexibility index (Phi) is 8.44. The Morgan fingerprint density at radius 2 is 1.67 bits per heavy atom. The lowest BCUT2D eigenvalue weighted by Crippen LogP contribution is -2.26. The van der Waals surface area contributed by atoms with Crippen LogP contribution >= 0.6 is 0 Å². The van der Waals surface area contributed by atoms with Gasteiger partial charge in [0.2, 0.25) is 0 Å². The molecule has 4 rings (SSSR count). The number of nitrogens with zero attached hydrogens (tertiary/aromatic N) is 1. The first-order chi connectivity index (χ1) is 18.6. The molecule has 1 heterocycles. The van der Waals surface area contributed by atoms with E-state index in [9.17, 15) is 14.7 Å². The van der Waals surface area contributed by atoms with E-state index < -0.39 is 12.1 Å². The summed E-state index contributed by atoms with van der Waals surface area (Å²) in [7, 11) is 0. The van der Waals surface area contributed by atoms with Crippen LogP contribution in [0.2, 0.25) is 0 Å². The molecule has 204 valence electrons. The third-order valence-electron chi connectivity index (χ3n) is 7.49. The molecular formula is C33H38N2O4. The van der Waals surface area contributed by atoms with Crippen LogP contribution in [0, 0.1) is 13.8 Å². The Hall–Kier alpha value is -4.06. The Bertz CT molecular complexity index is 1500. The summed E-state index contributed by atoms with van der Waals surface area (Å²) in [6.07, 6.45) is -0.484. The zero-order valence-corrected chi connectivity index (χ0v) is 23.6. The summed E-state index contributed by atoms with van der Waals surface area (Å²) in [5.41, 5.74) is 7.27. The Morgan fingerprint density at radius 1 is 0.949 bits per heavy atom. The highest BCUT2D eigenvalue weighted by Crippen LogP contribution is 2.28. The van der Waals surface area contributed by atoms with E-state index in [-0.39, 0.29) is 11.9 Å². The number of aliphatic carboxylic acids is 1. The summed E-state index contributed by atoms with van der Waals surface area (Å²) >= 11 is 0. The van der Waals surface area contributed by atoms with Gasteiger partial charge in [-0.1, -0.05) is 57.2 Å². The lowest BCUT2D eigenvalue weighted by molar-refractivity contribution is -0.145. The van der Waals surface area contributed by atoms with Crippen molar-refractivity contribution in [1.29, 1.82) is 0 Å². The standard InChI is InChI=1S/C33H38N2O4/c1-7-31(33(37)38)39-28-13-8-10-24(16-28)19-35-23(6)21(4)29-18-27(14-15-30(29)35)32(36)34-22(5)26-12-9-11-25(17-26)20(2)3/h8-18,20,22,31H,7,19H2,1-6H3,(H,34,36)(H,37,38). The maximum atomic E-state index is 13.2. The highest BCUT2D eigenvalue weighted by Gasteiger charge is 2.18. The second-order valence-corrected chi connectivity index (χ2v) is 10.5. The number of rotatable bonds is 10. The highest BCUT2D eigenvalue weighted by molar-refractivity contribution is 5.99. The van der Waals surface area contributed by atoms with Gasteiger partial charge in [0.25, 0.3) is 5.91 Å². The van der Waals surface area contributed by atoms with Gasteiger partial charge in [0, 0.05) is 28.7 Å². The van der Waals surface area contributed by atoms with Crippen LogP contribution in [-0.4, -0.2) is 27.7 Å². The number of nitrogens with one attached hydrogen (secondary N) is 1. The van der Waals surface area contributed by atoms with Crippen molar-refractivity contribution in [1.82, 2.24) is 9.88 Å². The number of aromatic nitrogens is 1. The minimum Gasteiger partial charge on any atom is -0.479 e. The minimum absolute atomic E-state index is 0.0992. The molecule has 0 radical (unpaired) electrons. The fourth-order valence-electron chi connectivity index (χ4n) is 4.92. The van der Waals surface area contributed by atoms with Crippen LogP contribution in [0.1, 0.15) is 84.4 Å². The number of amides is 1. The van der Waals surface area contributed by atoms with Crippen molar-refractivity contribution in [2.24, 2.45) is 0 Å². The first kappa shape index (κ1) is 28.0. The molecule has 0 spiro atoms. The van der Waals surface area contributed by atoms with Gasteiger partial charge in [-0.2, -0.15) is 0 Å². The molecule has 39 heavy (non-hydrogen) atoms. The van der Waals surface area contributed by atoms with Gasteiger partial charge in [0.05, 0.1) is 6.04 Å². The summed E-state index contributed by atoms with van der Waals surface area (Å²) in [5.74, 6) is -0.0971. The molecule has 0 saturated heterocycles. The summed E-state index contributed by atoms with van der Waals surface area (Å²) in [6.45, 7) is 12.9. The van der Waals surface area contributed by atoms with Crippen LogP contribution in [0.4, 0.5) is 0 Å². The Balaban J connectivity index is 1.56. The largest absolute Gasteiger partial charge is 0.479 e. The van der Waals surface area contributed by atoms with Crippen molar-refractivity contribution >= 4 is 22.8 Å². The van der Waals surface area contributed by atoms with E-state index in [0.717, 1.165) is 33.3 Å². The first-order valence-electron chi connectivity index (χ1n) is 13.6.